The van der Waals surface area contributed by atoms with Crippen molar-refractivity contribution in [3.8, 4) is 0 Å². The van der Waals surface area contributed by atoms with Crippen LogP contribution in [0, 0.1) is 0 Å². The summed E-state index contributed by atoms with van der Waals surface area (Å²) in [6.45, 7) is 0.629. The largest absolute Gasteiger partial charge is 0.361 e. The number of nitrogens with zero attached hydrogens (tertiary/aromatic N) is 1. The highest BCUT2D eigenvalue weighted by Crippen LogP contribution is 2.18. The van der Waals surface area contributed by atoms with Gasteiger partial charge in [0.1, 0.15) is 0 Å². The first-order valence-electron chi connectivity index (χ1n) is 5.14. The lowest BCUT2D eigenvalue weighted by atomic mass is 10.1. The number of benzene rings is 1. The third-order valence-electron chi connectivity index (χ3n) is 2.69. The molecule has 0 aliphatic carbocycles. The highest BCUT2D eigenvalue weighted by atomic mass is 35.5. The smallest absolute Gasteiger partial charge is 0.316 e. The van der Waals surface area contributed by atoms with Gasteiger partial charge < -0.3 is 9.88 Å². The van der Waals surface area contributed by atoms with E-state index in [-0.39, 0.29) is 0 Å². The summed E-state index contributed by atoms with van der Waals surface area (Å²) < 4.78 is 0. The summed E-state index contributed by atoms with van der Waals surface area (Å²) in [7, 11) is 1.70. The zero-order chi connectivity index (χ0) is 11.5. The maximum absolute atomic E-state index is 10.9. The van der Waals surface area contributed by atoms with Gasteiger partial charge in [-0.05, 0) is 29.7 Å². The Labute approximate surface area is 99.0 Å². The van der Waals surface area contributed by atoms with Gasteiger partial charge in [-0.3, -0.25) is 4.79 Å². The van der Waals surface area contributed by atoms with Crippen molar-refractivity contribution in [1.29, 1.82) is 0 Å². The van der Waals surface area contributed by atoms with Crippen LogP contribution < -0.4 is 0 Å². The van der Waals surface area contributed by atoms with Gasteiger partial charge in [-0.1, -0.05) is 18.2 Å². The Kier molecular flexibility index (Phi) is 3.15. The molecule has 1 aromatic heterocycles. The topological polar surface area (TPSA) is 36.1 Å². The number of carbonyl (C=O) groups is 1. The summed E-state index contributed by atoms with van der Waals surface area (Å²) in [5.41, 5.74) is 2.33. The number of carbonyl (C=O) groups excluding carboxylic acids is 1. The van der Waals surface area contributed by atoms with E-state index in [9.17, 15) is 4.79 Å². The highest BCUT2D eigenvalue weighted by molar-refractivity contribution is 6.62. The Morgan fingerprint density at radius 1 is 1.44 bits per heavy atom. The first-order chi connectivity index (χ1) is 7.68. The van der Waals surface area contributed by atoms with Crippen LogP contribution in [-0.2, 0) is 6.42 Å². The Bertz CT molecular complexity index is 506. The van der Waals surface area contributed by atoms with Crippen LogP contribution in [0.2, 0.25) is 0 Å². The maximum Gasteiger partial charge on any atom is 0.316 e. The molecule has 84 valence electrons. The van der Waals surface area contributed by atoms with Crippen LogP contribution in [0.3, 0.4) is 0 Å². The summed E-state index contributed by atoms with van der Waals surface area (Å²) in [5, 5.41) is 0.790. The highest BCUT2D eigenvalue weighted by Gasteiger charge is 2.07. The third kappa shape index (κ3) is 2.19. The number of hydrogen-bond acceptors (Lipinski definition) is 1. The number of likely N-dealkylation sites (N-methyl/N-ethyl adjacent to an activating group) is 1. The van der Waals surface area contributed by atoms with Gasteiger partial charge in [0.2, 0.25) is 0 Å². The fraction of sp³-hybridized carbons (Fsp3) is 0.250. The van der Waals surface area contributed by atoms with Crippen LogP contribution >= 0.6 is 11.6 Å². The number of amides is 1. The van der Waals surface area contributed by atoms with E-state index in [1.807, 2.05) is 24.4 Å². The minimum atomic E-state index is -0.417. The average molecular weight is 237 g/mol. The van der Waals surface area contributed by atoms with Crippen molar-refractivity contribution in [1.82, 2.24) is 9.88 Å². The number of H-pyrrole nitrogens is 1. The summed E-state index contributed by atoms with van der Waals surface area (Å²) >= 11 is 5.37. The van der Waals surface area contributed by atoms with Crippen LogP contribution in [0.15, 0.2) is 30.5 Å². The van der Waals surface area contributed by atoms with Crippen molar-refractivity contribution in [2.75, 3.05) is 13.6 Å². The predicted molar refractivity (Wildman–Crippen MR) is 65.9 cm³/mol. The average Bonchev–Trinajstić information content (AvgIpc) is 2.69. The van der Waals surface area contributed by atoms with E-state index in [2.05, 4.69) is 11.1 Å². The Morgan fingerprint density at radius 2 is 2.19 bits per heavy atom. The van der Waals surface area contributed by atoms with E-state index in [4.69, 9.17) is 11.6 Å². The normalized spacial score (nSPS) is 10.6. The van der Waals surface area contributed by atoms with Crippen molar-refractivity contribution >= 4 is 27.9 Å². The van der Waals surface area contributed by atoms with Gasteiger partial charge in [-0.15, -0.1) is 0 Å². The molecule has 3 nitrogen and oxygen atoms in total. The fourth-order valence-corrected chi connectivity index (χ4v) is 1.80. The second-order valence-electron chi connectivity index (χ2n) is 3.78. The minimum absolute atomic E-state index is 0.417. The lowest BCUT2D eigenvalue weighted by Gasteiger charge is -2.12. The Hall–Kier alpha value is -1.48. The molecule has 4 heteroatoms. The minimum Gasteiger partial charge on any atom is -0.361 e. The molecule has 0 aliphatic heterocycles. The monoisotopic (exact) mass is 236 g/mol. The van der Waals surface area contributed by atoms with E-state index in [1.165, 1.54) is 15.8 Å². The van der Waals surface area contributed by atoms with Crippen molar-refractivity contribution in [2.24, 2.45) is 0 Å². The number of fused-ring (bicyclic) bond motifs is 1. The summed E-state index contributed by atoms with van der Waals surface area (Å²) in [5.74, 6) is 0. The second kappa shape index (κ2) is 4.58. The van der Waals surface area contributed by atoms with E-state index in [1.54, 1.807) is 7.05 Å². The van der Waals surface area contributed by atoms with Crippen molar-refractivity contribution in [2.45, 2.75) is 6.42 Å². The van der Waals surface area contributed by atoms with Gasteiger partial charge in [0.05, 0.1) is 0 Å². The zero-order valence-electron chi connectivity index (χ0n) is 9.03. The molecule has 0 saturated heterocycles. The molecule has 2 aromatic rings. The molecular formula is C12H13ClN2O. The number of aromatic nitrogens is 1. The van der Waals surface area contributed by atoms with E-state index in [0.29, 0.717) is 6.54 Å². The van der Waals surface area contributed by atoms with Gasteiger partial charge in [0.25, 0.3) is 0 Å². The SMILES string of the molecule is CN(CCc1c[nH]c2ccccc12)C(=O)Cl. The molecule has 1 N–H and O–H groups in total. The molecule has 0 saturated carbocycles. The first kappa shape index (κ1) is 11.0. The molecule has 0 bridgehead atoms. The molecule has 0 fully saturated rings. The molecular weight excluding hydrogens is 224 g/mol. The maximum atomic E-state index is 10.9. The number of hydrogen-bond donors (Lipinski definition) is 1. The summed E-state index contributed by atoms with van der Waals surface area (Å²) in [4.78, 5) is 15.6. The molecule has 0 atom stereocenters. The quantitative estimate of drug-likeness (QED) is 0.646. The molecule has 0 aliphatic rings. The van der Waals surface area contributed by atoms with Crippen molar-refractivity contribution < 1.29 is 4.79 Å². The Morgan fingerprint density at radius 3 is 2.94 bits per heavy atom. The summed E-state index contributed by atoms with van der Waals surface area (Å²) in [6.07, 6.45) is 2.79. The molecule has 1 amide bonds. The molecule has 2 rings (SSSR count). The summed E-state index contributed by atoms with van der Waals surface area (Å²) in [6, 6.07) is 8.12. The number of para-hydroxylation sites is 1. The molecule has 1 aromatic carbocycles. The molecule has 1 heterocycles. The van der Waals surface area contributed by atoms with Gasteiger partial charge in [-0.2, -0.15) is 0 Å². The van der Waals surface area contributed by atoms with Crippen LogP contribution in [0.1, 0.15) is 5.56 Å². The molecule has 0 radical (unpaired) electrons. The fourth-order valence-electron chi connectivity index (χ4n) is 1.71. The van der Waals surface area contributed by atoms with Crippen LogP contribution in [-0.4, -0.2) is 28.8 Å². The van der Waals surface area contributed by atoms with Crippen LogP contribution in [0.25, 0.3) is 10.9 Å². The van der Waals surface area contributed by atoms with E-state index >= 15 is 0 Å². The number of rotatable bonds is 3. The zero-order valence-corrected chi connectivity index (χ0v) is 9.79. The first-order valence-corrected chi connectivity index (χ1v) is 5.52. The van der Waals surface area contributed by atoms with E-state index < -0.39 is 5.37 Å². The van der Waals surface area contributed by atoms with Crippen LogP contribution in [0.4, 0.5) is 4.79 Å². The molecule has 0 unspecified atom stereocenters. The standard InChI is InChI=1S/C12H13ClN2O/c1-15(12(13)16)7-6-9-8-14-11-5-3-2-4-10(9)11/h2-5,8,14H,6-7H2,1H3. The predicted octanol–water partition coefficient (Wildman–Crippen LogP) is 3.00. The number of halogens is 1. The number of nitrogens with one attached hydrogen (secondary N) is 1. The van der Waals surface area contributed by atoms with Crippen LogP contribution in [0.5, 0.6) is 0 Å². The third-order valence-corrected chi connectivity index (χ3v) is 2.98. The van der Waals surface area contributed by atoms with Gasteiger partial charge in [-0.25, -0.2) is 0 Å². The lowest BCUT2D eigenvalue weighted by molar-refractivity contribution is 0.232. The van der Waals surface area contributed by atoms with Crippen molar-refractivity contribution in [3.05, 3.63) is 36.0 Å². The van der Waals surface area contributed by atoms with Gasteiger partial charge in [0.15, 0.2) is 0 Å². The Balaban J connectivity index is 2.13. The van der Waals surface area contributed by atoms with Gasteiger partial charge >= 0.3 is 5.37 Å². The molecule has 16 heavy (non-hydrogen) atoms. The van der Waals surface area contributed by atoms with Crippen molar-refractivity contribution in [3.63, 3.8) is 0 Å². The van der Waals surface area contributed by atoms with Gasteiger partial charge in [0, 0.05) is 30.7 Å². The second-order valence-corrected chi connectivity index (χ2v) is 4.11. The number of aromatic amines is 1. The molecule has 0 spiro atoms. The lowest BCUT2D eigenvalue weighted by Crippen LogP contribution is -2.23. The van der Waals surface area contributed by atoms with E-state index in [0.717, 1.165) is 11.9 Å².